The van der Waals surface area contributed by atoms with Crippen LogP contribution >= 0.6 is 0 Å². The van der Waals surface area contributed by atoms with Gasteiger partial charge in [-0.2, -0.15) is 0 Å². The molecule has 1 amide bonds. The number of carbonyl (C=O) groups excluding carboxylic acids is 1. The molecule has 0 fully saturated rings. The van der Waals surface area contributed by atoms with Crippen LogP contribution in [0, 0.1) is 0 Å². The van der Waals surface area contributed by atoms with Gasteiger partial charge in [-0.3, -0.25) is 0 Å². The standard InChI is InChI=1S/C11H19NO3/c1-8(2)10(5)14-6-7-15-11(13)12-9(3)4/h9H,1,5-7H2,2-4H3,(H,12,13). The molecule has 15 heavy (non-hydrogen) atoms. The third-order valence-electron chi connectivity index (χ3n) is 1.48. The van der Waals surface area contributed by atoms with E-state index in [4.69, 9.17) is 9.47 Å². The minimum atomic E-state index is -0.436. The minimum absolute atomic E-state index is 0.0730. The molecule has 0 saturated heterocycles. The lowest BCUT2D eigenvalue weighted by molar-refractivity contribution is 0.104. The molecule has 4 nitrogen and oxygen atoms in total. The first kappa shape index (κ1) is 13.5. The number of nitrogens with one attached hydrogen (secondary N) is 1. The SMILES string of the molecule is C=C(C)C(=C)OCCOC(=O)NC(C)C. The average molecular weight is 213 g/mol. The number of hydrogen-bond donors (Lipinski definition) is 1. The van der Waals surface area contributed by atoms with E-state index in [-0.39, 0.29) is 19.3 Å². The Bertz CT molecular complexity index is 246. The van der Waals surface area contributed by atoms with Gasteiger partial charge in [0.05, 0.1) is 0 Å². The molecular formula is C11H19NO3. The summed E-state index contributed by atoms with van der Waals surface area (Å²) in [5.41, 5.74) is 0.765. The summed E-state index contributed by atoms with van der Waals surface area (Å²) in [7, 11) is 0. The number of amides is 1. The number of ether oxygens (including phenoxy) is 2. The second kappa shape index (κ2) is 6.92. The Balaban J connectivity index is 3.50. The summed E-state index contributed by atoms with van der Waals surface area (Å²) in [4.78, 5) is 11.0. The lowest BCUT2D eigenvalue weighted by atomic mass is 10.3. The van der Waals surface area contributed by atoms with Gasteiger partial charge < -0.3 is 14.8 Å². The molecule has 0 aliphatic carbocycles. The van der Waals surface area contributed by atoms with Crippen molar-refractivity contribution >= 4 is 6.09 Å². The van der Waals surface area contributed by atoms with Crippen LogP contribution in [0.3, 0.4) is 0 Å². The van der Waals surface area contributed by atoms with Gasteiger partial charge in [-0.05, 0) is 26.3 Å². The summed E-state index contributed by atoms with van der Waals surface area (Å²) in [6.07, 6.45) is -0.436. The fraction of sp³-hybridized carbons (Fsp3) is 0.545. The quantitative estimate of drug-likeness (QED) is 0.418. The van der Waals surface area contributed by atoms with E-state index in [2.05, 4.69) is 18.5 Å². The first-order valence-corrected chi connectivity index (χ1v) is 4.84. The van der Waals surface area contributed by atoms with Crippen molar-refractivity contribution in [2.45, 2.75) is 26.8 Å². The van der Waals surface area contributed by atoms with Crippen molar-refractivity contribution in [1.29, 1.82) is 0 Å². The van der Waals surface area contributed by atoms with Crippen molar-refractivity contribution in [2.24, 2.45) is 0 Å². The Kier molecular flexibility index (Phi) is 6.25. The highest BCUT2D eigenvalue weighted by Gasteiger charge is 2.03. The van der Waals surface area contributed by atoms with E-state index in [1.807, 2.05) is 13.8 Å². The predicted molar refractivity (Wildman–Crippen MR) is 59.5 cm³/mol. The molecule has 0 aromatic rings. The molecular weight excluding hydrogens is 194 g/mol. The summed E-state index contributed by atoms with van der Waals surface area (Å²) < 4.78 is 10.00. The minimum Gasteiger partial charge on any atom is -0.490 e. The molecule has 86 valence electrons. The molecule has 0 aliphatic heterocycles. The number of alkyl carbamates (subject to hydrolysis) is 1. The Morgan fingerprint density at radius 2 is 1.80 bits per heavy atom. The van der Waals surface area contributed by atoms with E-state index >= 15 is 0 Å². The molecule has 0 aromatic carbocycles. The normalized spacial score (nSPS) is 9.60. The number of allylic oxidation sites excluding steroid dienone is 1. The molecule has 0 radical (unpaired) electrons. The summed E-state index contributed by atoms with van der Waals surface area (Å²) in [5.74, 6) is 0.517. The van der Waals surface area contributed by atoms with Gasteiger partial charge in [0.1, 0.15) is 19.0 Å². The maximum Gasteiger partial charge on any atom is 0.407 e. The highest BCUT2D eigenvalue weighted by atomic mass is 16.6. The van der Waals surface area contributed by atoms with Crippen molar-refractivity contribution in [3.8, 4) is 0 Å². The molecule has 0 atom stereocenters. The van der Waals surface area contributed by atoms with Crippen LogP contribution < -0.4 is 5.32 Å². The monoisotopic (exact) mass is 213 g/mol. The van der Waals surface area contributed by atoms with Crippen LogP contribution in [-0.4, -0.2) is 25.3 Å². The third kappa shape index (κ3) is 7.61. The van der Waals surface area contributed by atoms with Crippen molar-refractivity contribution in [2.75, 3.05) is 13.2 Å². The van der Waals surface area contributed by atoms with Crippen LogP contribution in [-0.2, 0) is 9.47 Å². The van der Waals surface area contributed by atoms with Gasteiger partial charge in [-0.25, -0.2) is 4.79 Å². The first-order valence-electron chi connectivity index (χ1n) is 4.84. The highest BCUT2D eigenvalue weighted by molar-refractivity contribution is 5.67. The molecule has 1 N–H and O–H groups in total. The number of carbonyl (C=O) groups is 1. The number of hydrogen-bond acceptors (Lipinski definition) is 3. The molecule has 0 aromatic heterocycles. The first-order chi connectivity index (χ1) is 6.93. The van der Waals surface area contributed by atoms with Gasteiger partial charge in [0, 0.05) is 6.04 Å². The zero-order valence-electron chi connectivity index (χ0n) is 9.63. The smallest absolute Gasteiger partial charge is 0.407 e. The maximum atomic E-state index is 11.0. The van der Waals surface area contributed by atoms with Crippen LogP contribution in [0.1, 0.15) is 20.8 Å². The number of rotatable bonds is 6. The molecule has 0 rings (SSSR count). The van der Waals surface area contributed by atoms with Crippen LogP contribution in [0.15, 0.2) is 24.5 Å². The van der Waals surface area contributed by atoms with E-state index in [9.17, 15) is 4.79 Å². The maximum absolute atomic E-state index is 11.0. The molecule has 0 saturated carbocycles. The zero-order chi connectivity index (χ0) is 11.8. The largest absolute Gasteiger partial charge is 0.490 e. The Morgan fingerprint density at radius 3 is 2.27 bits per heavy atom. The highest BCUT2D eigenvalue weighted by Crippen LogP contribution is 2.04. The third-order valence-corrected chi connectivity index (χ3v) is 1.48. The summed E-state index contributed by atoms with van der Waals surface area (Å²) in [6.45, 7) is 13.3. The van der Waals surface area contributed by atoms with Gasteiger partial charge in [0.2, 0.25) is 0 Å². The average Bonchev–Trinajstić information content (AvgIpc) is 2.10. The Morgan fingerprint density at radius 1 is 1.27 bits per heavy atom. The molecule has 0 heterocycles. The van der Waals surface area contributed by atoms with E-state index in [1.165, 1.54) is 0 Å². The molecule has 0 aliphatic rings. The van der Waals surface area contributed by atoms with Gasteiger partial charge in [-0.1, -0.05) is 13.2 Å². The van der Waals surface area contributed by atoms with Crippen molar-refractivity contribution < 1.29 is 14.3 Å². The Labute approximate surface area is 90.9 Å². The van der Waals surface area contributed by atoms with Gasteiger partial charge in [-0.15, -0.1) is 0 Å². The lowest BCUT2D eigenvalue weighted by Gasteiger charge is -2.11. The van der Waals surface area contributed by atoms with Crippen molar-refractivity contribution in [3.63, 3.8) is 0 Å². The fourth-order valence-corrected chi connectivity index (χ4v) is 0.700. The second-order valence-corrected chi connectivity index (χ2v) is 3.49. The van der Waals surface area contributed by atoms with Crippen LogP contribution in [0.4, 0.5) is 4.79 Å². The van der Waals surface area contributed by atoms with E-state index in [0.717, 1.165) is 5.57 Å². The molecule has 0 bridgehead atoms. The zero-order valence-corrected chi connectivity index (χ0v) is 9.63. The molecule has 0 unspecified atom stereocenters. The van der Waals surface area contributed by atoms with Crippen LogP contribution in [0.25, 0.3) is 0 Å². The van der Waals surface area contributed by atoms with E-state index in [0.29, 0.717) is 5.76 Å². The molecule has 4 heteroatoms. The predicted octanol–water partition coefficient (Wildman–Crippen LogP) is 2.23. The molecule has 0 spiro atoms. The van der Waals surface area contributed by atoms with E-state index in [1.54, 1.807) is 6.92 Å². The van der Waals surface area contributed by atoms with Gasteiger partial charge >= 0.3 is 6.09 Å². The summed E-state index contributed by atoms with van der Waals surface area (Å²) >= 11 is 0. The van der Waals surface area contributed by atoms with Crippen LogP contribution in [0.5, 0.6) is 0 Å². The van der Waals surface area contributed by atoms with Crippen LogP contribution in [0.2, 0.25) is 0 Å². The van der Waals surface area contributed by atoms with Gasteiger partial charge in [0.15, 0.2) is 0 Å². The topological polar surface area (TPSA) is 47.6 Å². The Hall–Kier alpha value is -1.45. The van der Waals surface area contributed by atoms with Crippen molar-refractivity contribution in [3.05, 3.63) is 24.5 Å². The summed E-state index contributed by atoms with van der Waals surface area (Å²) in [5, 5.41) is 2.60. The second-order valence-electron chi connectivity index (χ2n) is 3.49. The van der Waals surface area contributed by atoms with E-state index < -0.39 is 6.09 Å². The van der Waals surface area contributed by atoms with Crippen molar-refractivity contribution in [1.82, 2.24) is 5.32 Å². The summed E-state index contributed by atoms with van der Waals surface area (Å²) in [6, 6.07) is 0.0730. The lowest BCUT2D eigenvalue weighted by Crippen LogP contribution is -2.31. The van der Waals surface area contributed by atoms with Gasteiger partial charge in [0.25, 0.3) is 0 Å². The fourth-order valence-electron chi connectivity index (χ4n) is 0.700.